The number of carbonyl (C=O) groups is 2. The van der Waals surface area contributed by atoms with Crippen LogP contribution >= 0.6 is 0 Å². The third-order valence-electron chi connectivity index (χ3n) is 4.36. The summed E-state index contributed by atoms with van der Waals surface area (Å²) in [5.41, 5.74) is 5.92. The third-order valence-corrected chi connectivity index (χ3v) is 4.36. The highest BCUT2D eigenvalue weighted by Crippen LogP contribution is 2.46. The van der Waals surface area contributed by atoms with Gasteiger partial charge in [0, 0.05) is 17.9 Å². The largest absolute Gasteiger partial charge is 0.395 e. The number of fused-ring (bicyclic) bond motifs is 3. The number of unbranched alkanes of at least 4 members (excludes halogenated alkanes) is 1. The van der Waals surface area contributed by atoms with E-state index in [1.54, 1.807) is 0 Å². The van der Waals surface area contributed by atoms with Crippen LogP contribution in [0.1, 0.15) is 45.8 Å². The first kappa shape index (κ1) is 14.7. The highest BCUT2D eigenvalue weighted by Gasteiger charge is 2.29. The summed E-state index contributed by atoms with van der Waals surface area (Å²) in [7, 11) is 0. The quantitative estimate of drug-likeness (QED) is 0.658. The Morgan fingerprint density at radius 1 is 1.09 bits per heavy atom. The Morgan fingerprint density at radius 2 is 1.95 bits per heavy atom. The van der Waals surface area contributed by atoms with Crippen molar-refractivity contribution in [3.63, 3.8) is 0 Å². The number of aryl methyl sites for hydroxylation is 1. The molecule has 1 unspecified atom stereocenters. The van der Waals surface area contributed by atoms with Crippen molar-refractivity contribution in [2.45, 2.75) is 25.2 Å². The summed E-state index contributed by atoms with van der Waals surface area (Å²) in [5, 5.41) is 9.79. The van der Waals surface area contributed by atoms with Crippen molar-refractivity contribution in [3.05, 3.63) is 58.7 Å². The van der Waals surface area contributed by atoms with E-state index in [4.69, 9.17) is 0 Å². The molecule has 0 amide bonds. The predicted octanol–water partition coefficient (Wildman–Crippen LogP) is 3.13. The van der Waals surface area contributed by atoms with E-state index >= 15 is 0 Å². The van der Waals surface area contributed by atoms with Gasteiger partial charge in [0.05, 0.1) is 6.61 Å². The zero-order chi connectivity index (χ0) is 15.5. The topological polar surface area (TPSA) is 54.4 Å². The SMILES string of the molecule is O=CCCCc1ccc2c(c1)C(CO)c1cccc(C=O)c1-2. The van der Waals surface area contributed by atoms with E-state index in [0.29, 0.717) is 12.0 Å². The molecule has 0 bridgehead atoms. The fraction of sp³-hybridized carbons (Fsp3) is 0.263. The smallest absolute Gasteiger partial charge is 0.150 e. The first-order valence-electron chi connectivity index (χ1n) is 7.56. The Bertz CT molecular complexity index is 719. The molecular formula is C19H18O3. The van der Waals surface area contributed by atoms with Gasteiger partial charge in [-0.3, -0.25) is 4.79 Å². The van der Waals surface area contributed by atoms with Crippen LogP contribution in [0.3, 0.4) is 0 Å². The van der Waals surface area contributed by atoms with Crippen LogP contribution in [0.4, 0.5) is 0 Å². The fourth-order valence-electron chi connectivity index (χ4n) is 3.33. The van der Waals surface area contributed by atoms with Gasteiger partial charge in [0.1, 0.15) is 6.29 Å². The van der Waals surface area contributed by atoms with Gasteiger partial charge in [-0.25, -0.2) is 0 Å². The molecule has 3 nitrogen and oxygen atoms in total. The number of aliphatic hydroxyl groups excluding tert-OH is 1. The van der Waals surface area contributed by atoms with Crippen molar-refractivity contribution < 1.29 is 14.7 Å². The second-order valence-corrected chi connectivity index (χ2v) is 5.64. The Hall–Kier alpha value is -2.26. The first-order valence-corrected chi connectivity index (χ1v) is 7.56. The summed E-state index contributed by atoms with van der Waals surface area (Å²) in [6.07, 6.45) is 4.06. The van der Waals surface area contributed by atoms with Gasteiger partial charge in [0.15, 0.2) is 6.29 Å². The number of benzene rings is 2. The Morgan fingerprint density at radius 3 is 2.68 bits per heavy atom. The molecule has 1 atom stereocenters. The lowest BCUT2D eigenvalue weighted by atomic mass is 9.95. The van der Waals surface area contributed by atoms with Gasteiger partial charge in [-0.05, 0) is 40.7 Å². The molecule has 1 aliphatic rings. The lowest BCUT2D eigenvalue weighted by Gasteiger charge is -2.11. The van der Waals surface area contributed by atoms with E-state index in [1.165, 1.54) is 5.56 Å². The van der Waals surface area contributed by atoms with E-state index in [1.807, 2.05) is 24.3 Å². The lowest BCUT2D eigenvalue weighted by Crippen LogP contribution is -2.02. The molecule has 1 aliphatic carbocycles. The number of carbonyl (C=O) groups excluding carboxylic acids is 2. The summed E-state index contributed by atoms with van der Waals surface area (Å²) in [6.45, 7) is 0.0279. The zero-order valence-electron chi connectivity index (χ0n) is 12.3. The third kappa shape index (κ3) is 2.38. The summed E-state index contributed by atoms with van der Waals surface area (Å²) in [6, 6.07) is 11.8. The molecule has 0 spiro atoms. The molecule has 0 fully saturated rings. The maximum absolute atomic E-state index is 11.3. The van der Waals surface area contributed by atoms with E-state index in [-0.39, 0.29) is 12.5 Å². The number of aliphatic hydroxyl groups is 1. The fourth-order valence-corrected chi connectivity index (χ4v) is 3.33. The van der Waals surface area contributed by atoms with Crippen LogP contribution in [-0.2, 0) is 11.2 Å². The number of hydrogen-bond donors (Lipinski definition) is 1. The maximum Gasteiger partial charge on any atom is 0.150 e. The second kappa shape index (κ2) is 6.24. The van der Waals surface area contributed by atoms with Gasteiger partial charge in [0.25, 0.3) is 0 Å². The predicted molar refractivity (Wildman–Crippen MR) is 85.2 cm³/mol. The maximum atomic E-state index is 11.3. The first-order chi connectivity index (χ1) is 10.8. The van der Waals surface area contributed by atoms with Gasteiger partial charge in [-0.2, -0.15) is 0 Å². The Labute approximate surface area is 129 Å². The molecule has 3 heteroatoms. The van der Waals surface area contributed by atoms with Gasteiger partial charge >= 0.3 is 0 Å². The number of hydrogen-bond acceptors (Lipinski definition) is 3. The second-order valence-electron chi connectivity index (χ2n) is 5.64. The molecule has 0 radical (unpaired) electrons. The van der Waals surface area contributed by atoms with Gasteiger partial charge in [-0.1, -0.05) is 36.4 Å². The molecule has 2 aromatic carbocycles. The average Bonchev–Trinajstić information content (AvgIpc) is 2.88. The number of rotatable bonds is 6. The van der Waals surface area contributed by atoms with Crippen LogP contribution in [0, 0.1) is 0 Å². The molecule has 0 saturated heterocycles. The van der Waals surface area contributed by atoms with E-state index in [2.05, 4.69) is 12.1 Å². The van der Waals surface area contributed by atoms with Crippen LogP contribution in [-0.4, -0.2) is 24.3 Å². The van der Waals surface area contributed by atoms with Crippen LogP contribution in [0.2, 0.25) is 0 Å². The van der Waals surface area contributed by atoms with E-state index < -0.39 is 0 Å². The van der Waals surface area contributed by atoms with Crippen LogP contribution in [0.5, 0.6) is 0 Å². The summed E-state index contributed by atoms with van der Waals surface area (Å²) in [5.74, 6) is -0.0732. The minimum absolute atomic E-state index is 0.0279. The van der Waals surface area contributed by atoms with Crippen molar-refractivity contribution in [2.24, 2.45) is 0 Å². The normalized spacial score (nSPS) is 15.2. The van der Waals surface area contributed by atoms with E-state index in [9.17, 15) is 14.7 Å². The summed E-state index contributed by atoms with van der Waals surface area (Å²) >= 11 is 0. The molecule has 22 heavy (non-hydrogen) atoms. The highest BCUT2D eigenvalue weighted by molar-refractivity contribution is 5.93. The monoisotopic (exact) mass is 294 g/mol. The van der Waals surface area contributed by atoms with Crippen molar-refractivity contribution in [2.75, 3.05) is 6.61 Å². The van der Waals surface area contributed by atoms with Crippen LogP contribution in [0.25, 0.3) is 11.1 Å². The number of aldehydes is 2. The highest BCUT2D eigenvalue weighted by atomic mass is 16.3. The lowest BCUT2D eigenvalue weighted by molar-refractivity contribution is -0.107. The molecule has 0 aliphatic heterocycles. The van der Waals surface area contributed by atoms with Crippen molar-refractivity contribution in [1.82, 2.24) is 0 Å². The summed E-state index contributed by atoms with van der Waals surface area (Å²) < 4.78 is 0. The van der Waals surface area contributed by atoms with Gasteiger partial charge in [0.2, 0.25) is 0 Å². The van der Waals surface area contributed by atoms with Crippen molar-refractivity contribution >= 4 is 12.6 Å². The minimum atomic E-state index is -0.0732. The van der Waals surface area contributed by atoms with Gasteiger partial charge in [-0.15, -0.1) is 0 Å². The van der Waals surface area contributed by atoms with Crippen molar-refractivity contribution in [3.8, 4) is 11.1 Å². The van der Waals surface area contributed by atoms with E-state index in [0.717, 1.165) is 47.7 Å². The molecule has 2 aromatic rings. The molecule has 112 valence electrons. The molecule has 3 rings (SSSR count). The van der Waals surface area contributed by atoms with Crippen molar-refractivity contribution in [1.29, 1.82) is 0 Å². The molecule has 0 aromatic heterocycles. The standard InChI is InChI=1S/C19H18O3/c20-9-2-1-4-13-7-8-16-17(10-13)18(12-22)15-6-3-5-14(11-21)19(15)16/h3,5-11,18,22H,1-2,4,12H2. The van der Waals surface area contributed by atoms with Gasteiger partial charge < -0.3 is 9.90 Å². The average molecular weight is 294 g/mol. The Kier molecular flexibility index (Phi) is 4.16. The van der Waals surface area contributed by atoms with Crippen LogP contribution in [0.15, 0.2) is 36.4 Å². The van der Waals surface area contributed by atoms with Crippen LogP contribution < -0.4 is 0 Å². The minimum Gasteiger partial charge on any atom is -0.395 e. The molecule has 0 saturated carbocycles. The summed E-state index contributed by atoms with van der Waals surface area (Å²) in [4.78, 5) is 21.8. The molecule has 0 heterocycles. The molecular weight excluding hydrogens is 276 g/mol. The Balaban J connectivity index is 2.05. The zero-order valence-corrected chi connectivity index (χ0v) is 12.3. The molecule has 1 N–H and O–H groups in total.